The minimum Gasteiger partial charge on any atom is -0.511 e. The number of rotatable bonds is 2. The second kappa shape index (κ2) is 5.34. The smallest absolute Gasteiger partial charge is 0.269 e. The van der Waals surface area contributed by atoms with E-state index in [0.29, 0.717) is 11.3 Å². The molecular formula is C12H9N3O2. The highest BCUT2D eigenvalue weighted by atomic mass is 16.3. The minimum absolute atomic E-state index is 0.346. The van der Waals surface area contributed by atoms with Crippen molar-refractivity contribution in [3.05, 3.63) is 41.2 Å². The molecule has 0 fully saturated rings. The number of allylic oxidation sites excluding steroid dienone is 1. The molecular weight excluding hydrogens is 218 g/mol. The third-order valence-corrected chi connectivity index (χ3v) is 1.95. The van der Waals surface area contributed by atoms with E-state index in [-0.39, 0.29) is 11.3 Å². The molecule has 1 aromatic carbocycles. The SMILES string of the molecule is CC(O)=C(C#N)C(=O)Nc1cccc(C#N)c1. The quantitative estimate of drug-likeness (QED) is 0.457. The summed E-state index contributed by atoms with van der Waals surface area (Å²) in [5, 5.41) is 28.9. The van der Waals surface area contributed by atoms with Crippen LogP contribution in [0.25, 0.3) is 0 Å². The van der Waals surface area contributed by atoms with Gasteiger partial charge in [0.1, 0.15) is 11.8 Å². The summed E-state index contributed by atoms with van der Waals surface area (Å²) in [7, 11) is 0. The molecule has 2 N–H and O–H groups in total. The largest absolute Gasteiger partial charge is 0.511 e. The van der Waals surface area contributed by atoms with Gasteiger partial charge in [-0.1, -0.05) is 6.07 Å². The van der Waals surface area contributed by atoms with E-state index in [0.717, 1.165) is 0 Å². The number of hydrogen-bond donors (Lipinski definition) is 2. The molecule has 0 aliphatic rings. The number of carbonyl (C=O) groups is 1. The number of nitrogens with one attached hydrogen (secondary N) is 1. The first-order valence-electron chi connectivity index (χ1n) is 4.70. The summed E-state index contributed by atoms with van der Waals surface area (Å²) in [5.74, 6) is -1.05. The van der Waals surface area contributed by atoms with E-state index in [2.05, 4.69) is 5.32 Å². The van der Waals surface area contributed by atoms with Gasteiger partial charge in [0.25, 0.3) is 5.91 Å². The van der Waals surface area contributed by atoms with Crippen LogP contribution in [0.15, 0.2) is 35.6 Å². The number of carbonyl (C=O) groups excluding carboxylic acids is 1. The molecule has 5 heteroatoms. The van der Waals surface area contributed by atoms with Gasteiger partial charge in [0.05, 0.1) is 11.6 Å². The van der Waals surface area contributed by atoms with Gasteiger partial charge in [0.15, 0.2) is 5.57 Å². The summed E-state index contributed by atoms with van der Waals surface area (Å²) in [6, 6.07) is 9.79. The first kappa shape index (κ1) is 12.3. The lowest BCUT2D eigenvalue weighted by Crippen LogP contribution is -2.14. The zero-order valence-electron chi connectivity index (χ0n) is 9.06. The standard InChI is InChI=1S/C12H9N3O2/c1-8(16)11(7-14)12(17)15-10-4-2-3-9(5-10)6-13/h2-5,16H,1H3,(H,15,17). The van der Waals surface area contributed by atoms with Crippen molar-refractivity contribution in [2.24, 2.45) is 0 Å². The Morgan fingerprint density at radius 2 is 2.12 bits per heavy atom. The van der Waals surface area contributed by atoms with Crippen molar-refractivity contribution in [3.8, 4) is 12.1 Å². The molecule has 1 aromatic rings. The molecule has 0 aromatic heterocycles. The van der Waals surface area contributed by atoms with Gasteiger partial charge in [-0.2, -0.15) is 10.5 Å². The van der Waals surface area contributed by atoms with Gasteiger partial charge in [-0.3, -0.25) is 4.79 Å². The molecule has 0 unspecified atom stereocenters. The highest BCUT2D eigenvalue weighted by Gasteiger charge is 2.12. The molecule has 0 bridgehead atoms. The Morgan fingerprint density at radius 3 is 2.65 bits per heavy atom. The van der Waals surface area contributed by atoms with Gasteiger partial charge in [-0.15, -0.1) is 0 Å². The molecule has 0 spiro atoms. The van der Waals surface area contributed by atoms with Crippen molar-refractivity contribution in [1.82, 2.24) is 0 Å². The Labute approximate surface area is 98.2 Å². The predicted molar refractivity (Wildman–Crippen MR) is 60.7 cm³/mol. The molecule has 0 aliphatic heterocycles. The molecule has 0 heterocycles. The summed E-state index contributed by atoms with van der Waals surface area (Å²) in [4.78, 5) is 11.6. The third kappa shape index (κ3) is 3.08. The van der Waals surface area contributed by atoms with Crippen molar-refractivity contribution in [2.75, 3.05) is 5.32 Å². The lowest BCUT2D eigenvalue weighted by atomic mass is 10.2. The molecule has 84 valence electrons. The lowest BCUT2D eigenvalue weighted by molar-refractivity contribution is -0.112. The zero-order valence-corrected chi connectivity index (χ0v) is 9.06. The average molecular weight is 227 g/mol. The maximum atomic E-state index is 11.6. The van der Waals surface area contributed by atoms with Crippen molar-refractivity contribution in [2.45, 2.75) is 6.92 Å². The molecule has 0 aliphatic carbocycles. The summed E-state index contributed by atoms with van der Waals surface area (Å²) >= 11 is 0. The van der Waals surface area contributed by atoms with E-state index in [1.165, 1.54) is 13.0 Å². The predicted octanol–water partition coefficient (Wildman–Crippen LogP) is 1.85. The van der Waals surface area contributed by atoms with E-state index in [1.807, 2.05) is 6.07 Å². The number of aliphatic hydroxyl groups excluding tert-OH is 1. The molecule has 17 heavy (non-hydrogen) atoms. The highest BCUT2D eigenvalue weighted by Crippen LogP contribution is 2.11. The molecule has 1 amide bonds. The van der Waals surface area contributed by atoms with E-state index >= 15 is 0 Å². The van der Waals surface area contributed by atoms with E-state index in [4.69, 9.17) is 15.6 Å². The molecule has 0 radical (unpaired) electrons. The Hall–Kier alpha value is -2.79. The fourth-order valence-corrected chi connectivity index (χ4v) is 1.16. The van der Waals surface area contributed by atoms with E-state index < -0.39 is 5.91 Å². The van der Waals surface area contributed by atoms with Crippen LogP contribution in [0.4, 0.5) is 5.69 Å². The van der Waals surface area contributed by atoms with Gasteiger partial charge < -0.3 is 10.4 Å². The van der Waals surface area contributed by atoms with Crippen LogP contribution in [0.3, 0.4) is 0 Å². The van der Waals surface area contributed by atoms with E-state index in [9.17, 15) is 4.79 Å². The van der Waals surface area contributed by atoms with E-state index in [1.54, 1.807) is 24.3 Å². The van der Waals surface area contributed by atoms with Crippen molar-refractivity contribution in [1.29, 1.82) is 10.5 Å². The topological polar surface area (TPSA) is 96.9 Å². The van der Waals surface area contributed by atoms with Crippen LogP contribution in [0.5, 0.6) is 0 Å². The molecule has 1 rings (SSSR count). The van der Waals surface area contributed by atoms with Crippen LogP contribution in [0.1, 0.15) is 12.5 Å². The number of nitrogens with zero attached hydrogens (tertiary/aromatic N) is 2. The molecule has 0 atom stereocenters. The number of benzene rings is 1. The van der Waals surface area contributed by atoms with Crippen molar-refractivity contribution in [3.63, 3.8) is 0 Å². The molecule has 0 saturated heterocycles. The van der Waals surface area contributed by atoms with Crippen LogP contribution < -0.4 is 5.32 Å². The maximum Gasteiger partial charge on any atom is 0.269 e. The van der Waals surface area contributed by atoms with Gasteiger partial charge in [0.2, 0.25) is 0 Å². The van der Waals surface area contributed by atoms with Crippen LogP contribution in [0, 0.1) is 22.7 Å². The van der Waals surface area contributed by atoms with Crippen molar-refractivity contribution >= 4 is 11.6 Å². The highest BCUT2D eigenvalue weighted by molar-refractivity contribution is 6.06. The Morgan fingerprint density at radius 1 is 1.41 bits per heavy atom. The van der Waals surface area contributed by atoms with Gasteiger partial charge in [0, 0.05) is 5.69 Å². The van der Waals surface area contributed by atoms with Gasteiger partial charge in [-0.25, -0.2) is 0 Å². The van der Waals surface area contributed by atoms with Crippen LogP contribution in [-0.4, -0.2) is 11.0 Å². The van der Waals surface area contributed by atoms with Gasteiger partial charge >= 0.3 is 0 Å². The number of amides is 1. The van der Waals surface area contributed by atoms with Crippen LogP contribution in [-0.2, 0) is 4.79 Å². The number of nitriles is 2. The minimum atomic E-state index is -0.706. The summed E-state index contributed by atoms with van der Waals surface area (Å²) in [6.45, 7) is 1.25. The Bertz CT molecular complexity index is 558. The fraction of sp³-hybridized carbons (Fsp3) is 0.0833. The zero-order chi connectivity index (χ0) is 12.8. The molecule has 5 nitrogen and oxygen atoms in total. The Balaban J connectivity index is 2.94. The average Bonchev–Trinajstić information content (AvgIpc) is 2.29. The van der Waals surface area contributed by atoms with Crippen molar-refractivity contribution < 1.29 is 9.90 Å². The summed E-state index contributed by atoms with van der Waals surface area (Å²) < 4.78 is 0. The second-order valence-corrected chi connectivity index (χ2v) is 3.22. The maximum absolute atomic E-state index is 11.6. The first-order chi connectivity index (χ1) is 8.08. The van der Waals surface area contributed by atoms with Crippen LogP contribution >= 0.6 is 0 Å². The number of anilines is 1. The number of hydrogen-bond acceptors (Lipinski definition) is 4. The lowest BCUT2D eigenvalue weighted by Gasteiger charge is -2.04. The fourth-order valence-electron chi connectivity index (χ4n) is 1.16. The van der Waals surface area contributed by atoms with Crippen LogP contribution in [0.2, 0.25) is 0 Å². The summed E-state index contributed by atoms with van der Waals surface area (Å²) in [6.07, 6.45) is 0. The Kier molecular flexibility index (Phi) is 3.86. The third-order valence-electron chi connectivity index (χ3n) is 1.95. The second-order valence-electron chi connectivity index (χ2n) is 3.22. The molecule has 0 saturated carbocycles. The number of aliphatic hydroxyl groups is 1. The monoisotopic (exact) mass is 227 g/mol. The first-order valence-corrected chi connectivity index (χ1v) is 4.70. The normalized spacial score (nSPS) is 10.8. The summed E-state index contributed by atoms with van der Waals surface area (Å²) in [5.41, 5.74) is 0.432. The van der Waals surface area contributed by atoms with Gasteiger partial charge in [-0.05, 0) is 25.1 Å².